The maximum atomic E-state index is 12.1. The fraction of sp³-hybridized carbons (Fsp3) is 0.462. The van der Waals surface area contributed by atoms with Crippen molar-refractivity contribution in [2.75, 3.05) is 12.4 Å². The van der Waals surface area contributed by atoms with Crippen molar-refractivity contribution in [3.05, 3.63) is 18.2 Å². The number of amides is 1. The molecule has 2 atom stereocenters. The van der Waals surface area contributed by atoms with Gasteiger partial charge in [0.1, 0.15) is 11.9 Å². The Bertz CT molecular complexity index is 644. The van der Waals surface area contributed by atoms with Crippen molar-refractivity contribution < 1.29 is 22.7 Å². The summed E-state index contributed by atoms with van der Waals surface area (Å²) in [6.45, 7) is 1.90. The molecule has 3 N–H and O–H groups in total. The molecule has 1 saturated heterocycles. The van der Waals surface area contributed by atoms with E-state index in [2.05, 4.69) is 5.32 Å². The van der Waals surface area contributed by atoms with E-state index in [4.69, 9.17) is 14.6 Å². The molecule has 2 rings (SSSR count). The van der Waals surface area contributed by atoms with Gasteiger partial charge in [-0.15, -0.1) is 0 Å². The van der Waals surface area contributed by atoms with Crippen molar-refractivity contribution >= 4 is 21.6 Å². The maximum absolute atomic E-state index is 12.1. The summed E-state index contributed by atoms with van der Waals surface area (Å²) in [4.78, 5) is 12.0. The van der Waals surface area contributed by atoms with E-state index in [1.807, 2.05) is 6.92 Å². The van der Waals surface area contributed by atoms with Crippen LogP contribution in [-0.2, 0) is 19.6 Å². The fourth-order valence-electron chi connectivity index (χ4n) is 2.17. The van der Waals surface area contributed by atoms with E-state index in [-0.39, 0.29) is 22.6 Å². The van der Waals surface area contributed by atoms with E-state index < -0.39 is 16.1 Å². The van der Waals surface area contributed by atoms with E-state index in [0.717, 1.165) is 6.42 Å². The predicted octanol–water partition coefficient (Wildman–Crippen LogP) is 0.849. The van der Waals surface area contributed by atoms with Gasteiger partial charge in [-0.25, -0.2) is 13.6 Å². The first-order valence-corrected chi connectivity index (χ1v) is 8.03. The molecule has 0 spiro atoms. The number of methoxy groups -OCH3 is 1. The molecule has 0 saturated carbocycles. The molecule has 0 radical (unpaired) electrons. The molecular weight excluding hydrogens is 296 g/mol. The monoisotopic (exact) mass is 314 g/mol. The second-order valence-corrected chi connectivity index (χ2v) is 6.47. The number of hydrogen-bond donors (Lipinski definition) is 2. The van der Waals surface area contributed by atoms with Gasteiger partial charge in [0, 0.05) is 0 Å². The molecule has 1 aliphatic heterocycles. The summed E-state index contributed by atoms with van der Waals surface area (Å²) in [6, 6.07) is 4.02. The quantitative estimate of drug-likeness (QED) is 0.856. The first-order chi connectivity index (χ1) is 9.81. The fourth-order valence-corrected chi connectivity index (χ4v) is 2.71. The third-order valence-corrected chi connectivity index (χ3v) is 4.19. The smallest absolute Gasteiger partial charge is 0.253 e. The number of primary sulfonamides is 1. The van der Waals surface area contributed by atoms with Crippen molar-refractivity contribution in [2.45, 2.75) is 36.9 Å². The molecule has 1 aromatic rings. The van der Waals surface area contributed by atoms with Crippen molar-refractivity contribution in [3.8, 4) is 5.75 Å². The normalized spacial score (nSPS) is 22.0. The zero-order chi connectivity index (χ0) is 15.6. The second kappa shape index (κ2) is 6.00. The van der Waals surface area contributed by atoms with Gasteiger partial charge >= 0.3 is 0 Å². The van der Waals surface area contributed by atoms with E-state index in [1.165, 1.54) is 25.3 Å². The van der Waals surface area contributed by atoms with Gasteiger partial charge < -0.3 is 14.8 Å². The van der Waals surface area contributed by atoms with Crippen LogP contribution in [0.3, 0.4) is 0 Å². The van der Waals surface area contributed by atoms with Gasteiger partial charge in [-0.05, 0) is 38.0 Å². The van der Waals surface area contributed by atoms with Gasteiger partial charge in [-0.3, -0.25) is 4.79 Å². The molecule has 8 heteroatoms. The van der Waals surface area contributed by atoms with Gasteiger partial charge in [0.25, 0.3) is 5.91 Å². The van der Waals surface area contributed by atoms with Crippen LogP contribution in [0.4, 0.5) is 5.69 Å². The number of rotatable bonds is 4. The van der Waals surface area contributed by atoms with Gasteiger partial charge in [0.15, 0.2) is 0 Å². The van der Waals surface area contributed by atoms with Gasteiger partial charge in [-0.2, -0.15) is 0 Å². The van der Waals surface area contributed by atoms with Crippen molar-refractivity contribution in [1.82, 2.24) is 0 Å². The Kier molecular flexibility index (Phi) is 4.50. The minimum absolute atomic E-state index is 0.0402. The average molecular weight is 314 g/mol. The van der Waals surface area contributed by atoms with Crippen molar-refractivity contribution in [1.29, 1.82) is 0 Å². The number of anilines is 1. The number of carbonyl (C=O) groups is 1. The lowest BCUT2D eigenvalue weighted by molar-refractivity contribution is -0.126. The lowest BCUT2D eigenvalue weighted by atomic mass is 10.2. The van der Waals surface area contributed by atoms with E-state index >= 15 is 0 Å². The molecule has 21 heavy (non-hydrogen) atoms. The first kappa shape index (κ1) is 15.7. The number of nitrogens with two attached hydrogens (primary N) is 1. The van der Waals surface area contributed by atoms with E-state index in [9.17, 15) is 13.2 Å². The van der Waals surface area contributed by atoms with Crippen molar-refractivity contribution in [3.63, 3.8) is 0 Å². The number of nitrogens with one attached hydrogen (secondary N) is 1. The summed E-state index contributed by atoms with van der Waals surface area (Å²) in [5.74, 6) is 0.0195. The minimum atomic E-state index is -3.85. The first-order valence-electron chi connectivity index (χ1n) is 6.48. The maximum Gasteiger partial charge on any atom is 0.253 e. The Morgan fingerprint density at radius 2 is 2.14 bits per heavy atom. The second-order valence-electron chi connectivity index (χ2n) is 4.91. The zero-order valence-corrected chi connectivity index (χ0v) is 12.6. The van der Waals surface area contributed by atoms with E-state index in [0.29, 0.717) is 12.2 Å². The Balaban J connectivity index is 2.23. The molecule has 2 unspecified atom stereocenters. The SMILES string of the molecule is COc1ccc(S(N)(=O)=O)cc1NC(=O)C1CCC(C)O1. The van der Waals surface area contributed by atoms with Gasteiger partial charge in [-0.1, -0.05) is 0 Å². The molecule has 116 valence electrons. The Morgan fingerprint density at radius 1 is 1.43 bits per heavy atom. The molecule has 0 aliphatic carbocycles. The lowest BCUT2D eigenvalue weighted by Gasteiger charge is -2.14. The molecule has 1 aromatic carbocycles. The van der Waals surface area contributed by atoms with Crippen LogP contribution in [0.5, 0.6) is 5.75 Å². The van der Waals surface area contributed by atoms with Gasteiger partial charge in [0.05, 0.1) is 23.8 Å². The highest BCUT2D eigenvalue weighted by atomic mass is 32.2. The van der Waals surface area contributed by atoms with Crippen molar-refractivity contribution in [2.24, 2.45) is 5.14 Å². The molecule has 1 fully saturated rings. The lowest BCUT2D eigenvalue weighted by Crippen LogP contribution is -2.28. The average Bonchev–Trinajstić information content (AvgIpc) is 2.84. The number of hydrogen-bond acceptors (Lipinski definition) is 5. The number of ether oxygens (including phenoxy) is 2. The molecule has 1 heterocycles. The Labute approximate surface area is 123 Å². The van der Waals surface area contributed by atoms with Gasteiger partial charge in [0.2, 0.25) is 10.0 Å². The van der Waals surface area contributed by atoms with Crippen LogP contribution in [0.15, 0.2) is 23.1 Å². The number of carbonyl (C=O) groups excluding carboxylic acids is 1. The number of benzene rings is 1. The van der Waals surface area contributed by atoms with Crippen LogP contribution in [0, 0.1) is 0 Å². The molecule has 1 amide bonds. The van der Waals surface area contributed by atoms with Crippen LogP contribution < -0.4 is 15.2 Å². The molecule has 0 bridgehead atoms. The Morgan fingerprint density at radius 3 is 2.67 bits per heavy atom. The topological polar surface area (TPSA) is 108 Å². The highest BCUT2D eigenvalue weighted by Gasteiger charge is 2.28. The summed E-state index contributed by atoms with van der Waals surface area (Å²) in [5.41, 5.74) is 0.247. The van der Waals surface area contributed by atoms with Crippen LogP contribution in [0.1, 0.15) is 19.8 Å². The largest absolute Gasteiger partial charge is 0.495 e. The highest BCUT2D eigenvalue weighted by molar-refractivity contribution is 7.89. The third-order valence-electron chi connectivity index (χ3n) is 3.28. The molecule has 7 nitrogen and oxygen atoms in total. The summed E-state index contributed by atoms with van der Waals surface area (Å²) >= 11 is 0. The Hall–Kier alpha value is -1.64. The summed E-state index contributed by atoms with van der Waals surface area (Å²) in [6.07, 6.45) is 0.942. The van der Waals surface area contributed by atoms with Crippen LogP contribution in [0.2, 0.25) is 0 Å². The number of sulfonamides is 1. The molecule has 1 aliphatic rings. The summed E-state index contributed by atoms with van der Waals surface area (Å²) in [7, 11) is -2.43. The summed E-state index contributed by atoms with van der Waals surface area (Å²) < 4.78 is 33.3. The van der Waals surface area contributed by atoms with E-state index in [1.54, 1.807) is 0 Å². The minimum Gasteiger partial charge on any atom is -0.495 e. The third kappa shape index (κ3) is 3.72. The van der Waals surface area contributed by atoms with Crippen LogP contribution >= 0.6 is 0 Å². The molecular formula is C13H18N2O5S. The highest BCUT2D eigenvalue weighted by Crippen LogP contribution is 2.28. The predicted molar refractivity (Wildman–Crippen MR) is 76.6 cm³/mol. The molecule has 0 aromatic heterocycles. The van der Waals surface area contributed by atoms with Crippen LogP contribution in [0.25, 0.3) is 0 Å². The summed E-state index contributed by atoms with van der Waals surface area (Å²) in [5, 5.41) is 7.71. The standard InChI is InChI=1S/C13H18N2O5S/c1-8-3-5-12(20-8)13(16)15-10-7-9(21(14,17)18)4-6-11(10)19-2/h4,6-8,12H,3,5H2,1-2H3,(H,15,16)(H2,14,17,18). The zero-order valence-electron chi connectivity index (χ0n) is 11.8. The van der Waals surface area contributed by atoms with Crippen LogP contribution in [-0.4, -0.2) is 33.6 Å².